The average Bonchev–Trinajstić information content (AvgIpc) is 3.10. The zero-order valence-electron chi connectivity index (χ0n) is 13.8. The number of methoxy groups -OCH3 is 1. The van der Waals surface area contributed by atoms with Gasteiger partial charge >= 0.3 is 0 Å². The lowest BCUT2D eigenvalue weighted by molar-refractivity contribution is 0.414. The van der Waals surface area contributed by atoms with Crippen LogP contribution in [0.2, 0.25) is 0 Å². The maximum Gasteiger partial charge on any atom is 0.252 e. The number of pyridine rings is 1. The molecule has 0 fully saturated rings. The Kier molecular flexibility index (Phi) is 4.08. The molecule has 0 unspecified atom stereocenters. The Balaban J connectivity index is 1.59. The highest BCUT2D eigenvalue weighted by Gasteiger charge is 2.10. The second kappa shape index (κ2) is 6.68. The lowest BCUT2D eigenvalue weighted by Crippen LogP contribution is -1.97. The SMILES string of the molecule is COc1ccc(CCc2nc3nccc(-c4ccncc4)n3n2)cc1. The van der Waals surface area contributed by atoms with E-state index in [4.69, 9.17) is 4.74 Å². The number of aromatic nitrogens is 5. The van der Waals surface area contributed by atoms with Gasteiger partial charge in [0.2, 0.25) is 0 Å². The van der Waals surface area contributed by atoms with Crippen LogP contribution < -0.4 is 4.74 Å². The van der Waals surface area contributed by atoms with Gasteiger partial charge in [0.1, 0.15) is 5.75 Å². The summed E-state index contributed by atoms with van der Waals surface area (Å²) in [5.74, 6) is 2.25. The van der Waals surface area contributed by atoms with Crippen LogP contribution in [0.1, 0.15) is 11.4 Å². The van der Waals surface area contributed by atoms with Gasteiger partial charge in [0.05, 0.1) is 12.8 Å². The Morgan fingerprint density at radius 3 is 2.48 bits per heavy atom. The van der Waals surface area contributed by atoms with Crippen LogP contribution >= 0.6 is 0 Å². The highest BCUT2D eigenvalue weighted by Crippen LogP contribution is 2.18. The van der Waals surface area contributed by atoms with Gasteiger partial charge < -0.3 is 4.74 Å². The Hall–Kier alpha value is -3.28. The normalized spacial score (nSPS) is 10.9. The second-order valence-electron chi connectivity index (χ2n) is 5.65. The number of fused-ring (bicyclic) bond motifs is 1. The summed E-state index contributed by atoms with van der Waals surface area (Å²) in [5, 5.41) is 4.64. The first kappa shape index (κ1) is 15.3. The Labute approximate surface area is 145 Å². The molecule has 0 saturated heterocycles. The predicted molar refractivity (Wildman–Crippen MR) is 94.4 cm³/mol. The molecule has 0 amide bonds. The van der Waals surface area contributed by atoms with Gasteiger partial charge in [0.15, 0.2) is 5.82 Å². The van der Waals surface area contributed by atoms with Gasteiger partial charge in [-0.2, -0.15) is 9.50 Å². The van der Waals surface area contributed by atoms with E-state index < -0.39 is 0 Å². The number of benzene rings is 1. The van der Waals surface area contributed by atoms with E-state index in [9.17, 15) is 0 Å². The second-order valence-corrected chi connectivity index (χ2v) is 5.65. The summed E-state index contributed by atoms with van der Waals surface area (Å²) in [4.78, 5) is 12.9. The topological polar surface area (TPSA) is 65.2 Å². The summed E-state index contributed by atoms with van der Waals surface area (Å²) >= 11 is 0. The quantitative estimate of drug-likeness (QED) is 0.562. The summed E-state index contributed by atoms with van der Waals surface area (Å²) in [6, 6.07) is 13.9. The minimum atomic E-state index is 0.610. The Morgan fingerprint density at radius 2 is 1.72 bits per heavy atom. The van der Waals surface area contributed by atoms with Crippen molar-refractivity contribution in [3.05, 3.63) is 72.4 Å². The molecule has 0 aliphatic carbocycles. The van der Waals surface area contributed by atoms with E-state index in [1.165, 1.54) is 5.56 Å². The highest BCUT2D eigenvalue weighted by atomic mass is 16.5. The summed E-state index contributed by atoms with van der Waals surface area (Å²) in [7, 11) is 1.67. The van der Waals surface area contributed by atoms with Gasteiger partial charge in [0, 0.05) is 30.6 Å². The molecule has 4 rings (SSSR count). The molecule has 124 valence electrons. The number of ether oxygens (including phenoxy) is 1. The van der Waals surface area contributed by atoms with E-state index in [1.807, 2.05) is 30.3 Å². The number of hydrogen-bond acceptors (Lipinski definition) is 5. The molecule has 3 heterocycles. The largest absolute Gasteiger partial charge is 0.497 e. The zero-order chi connectivity index (χ0) is 17.1. The smallest absolute Gasteiger partial charge is 0.252 e. The van der Waals surface area contributed by atoms with Crippen LogP contribution in [-0.4, -0.2) is 31.7 Å². The number of aryl methyl sites for hydroxylation is 2. The van der Waals surface area contributed by atoms with Crippen molar-refractivity contribution >= 4 is 5.78 Å². The minimum Gasteiger partial charge on any atom is -0.497 e. The van der Waals surface area contributed by atoms with Crippen LogP contribution in [0.5, 0.6) is 5.75 Å². The molecule has 0 aliphatic heterocycles. The molecule has 6 heteroatoms. The zero-order valence-corrected chi connectivity index (χ0v) is 13.8. The molecule has 1 aromatic carbocycles. The van der Waals surface area contributed by atoms with Crippen molar-refractivity contribution in [1.82, 2.24) is 24.6 Å². The summed E-state index contributed by atoms with van der Waals surface area (Å²) in [6.07, 6.45) is 6.91. The van der Waals surface area contributed by atoms with E-state index in [-0.39, 0.29) is 0 Å². The first-order chi connectivity index (χ1) is 12.3. The molecule has 3 aromatic heterocycles. The monoisotopic (exact) mass is 331 g/mol. The number of hydrogen-bond donors (Lipinski definition) is 0. The molecular formula is C19H17N5O. The molecule has 0 spiro atoms. The van der Waals surface area contributed by atoms with Crippen molar-refractivity contribution in [2.24, 2.45) is 0 Å². The maximum atomic E-state index is 5.19. The van der Waals surface area contributed by atoms with Gasteiger partial charge in [-0.25, -0.2) is 4.98 Å². The van der Waals surface area contributed by atoms with E-state index in [0.717, 1.165) is 35.7 Å². The minimum absolute atomic E-state index is 0.610. The summed E-state index contributed by atoms with van der Waals surface area (Å²) in [6.45, 7) is 0. The van der Waals surface area contributed by atoms with Crippen LogP contribution in [0.3, 0.4) is 0 Å². The van der Waals surface area contributed by atoms with Gasteiger partial charge in [-0.3, -0.25) is 4.98 Å². The van der Waals surface area contributed by atoms with Crippen LogP contribution in [0.25, 0.3) is 17.0 Å². The molecule has 0 atom stereocenters. The van der Waals surface area contributed by atoms with Crippen molar-refractivity contribution in [2.45, 2.75) is 12.8 Å². The summed E-state index contributed by atoms with van der Waals surface area (Å²) in [5.41, 5.74) is 3.21. The fraction of sp³-hybridized carbons (Fsp3) is 0.158. The van der Waals surface area contributed by atoms with Crippen molar-refractivity contribution in [3.63, 3.8) is 0 Å². The number of nitrogens with zero attached hydrogens (tertiary/aromatic N) is 5. The molecule has 6 nitrogen and oxygen atoms in total. The maximum absolute atomic E-state index is 5.19. The third-order valence-electron chi connectivity index (χ3n) is 4.06. The van der Waals surface area contributed by atoms with Crippen molar-refractivity contribution in [3.8, 4) is 17.0 Å². The van der Waals surface area contributed by atoms with Gasteiger partial charge in [-0.1, -0.05) is 12.1 Å². The predicted octanol–water partition coefficient (Wildman–Crippen LogP) is 2.98. The van der Waals surface area contributed by atoms with E-state index in [1.54, 1.807) is 30.2 Å². The number of rotatable bonds is 5. The third kappa shape index (κ3) is 3.19. The van der Waals surface area contributed by atoms with Gasteiger partial charge in [-0.15, -0.1) is 5.10 Å². The lowest BCUT2D eigenvalue weighted by atomic mass is 10.1. The van der Waals surface area contributed by atoms with Gasteiger partial charge in [0.25, 0.3) is 5.78 Å². The van der Waals surface area contributed by atoms with E-state index >= 15 is 0 Å². The Bertz CT molecular complexity index is 980. The molecular weight excluding hydrogens is 314 g/mol. The molecule has 4 aromatic rings. The summed E-state index contributed by atoms with van der Waals surface area (Å²) < 4.78 is 6.98. The fourth-order valence-corrected chi connectivity index (χ4v) is 2.73. The third-order valence-corrected chi connectivity index (χ3v) is 4.06. The molecule has 25 heavy (non-hydrogen) atoms. The molecule has 0 saturated carbocycles. The van der Waals surface area contributed by atoms with Crippen molar-refractivity contribution in [1.29, 1.82) is 0 Å². The standard InChI is InChI=1S/C19H17N5O/c1-25-16-5-2-14(3-6-16)4-7-18-22-19-21-13-10-17(24(19)23-18)15-8-11-20-12-9-15/h2-3,5-6,8-13H,4,7H2,1H3. The van der Waals surface area contributed by atoms with E-state index in [0.29, 0.717) is 5.78 Å². The van der Waals surface area contributed by atoms with Crippen LogP contribution in [0.4, 0.5) is 0 Å². The van der Waals surface area contributed by atoms with Crippen molar-refractivity contribution in [2.75, 3.05) is 7.11 Å². The first-order valence-corrected chi connectivity index (χ1v) is 8.07. The molecule has 0 N–H and O–H groups in total. The van der Waals surface area contributed by atoms with Crippen molar-refractivity contribution < 1.29 is 4.74 Å². The average molecular weight is 331 g/mol. The lowest BCUT2D eigenvalue weighted by Gasteiger charge is -2.02. The van der Waals surface area contributed by atoms with E-state index in [2.05, 4.69) is 32.2 Å². The first-order valence-electron chi connectivity index (χ1n) is 8.07. The fourth-order valence-electron chi connectivity index (χ4n) is 2.73. The Morgan fingerprint density at radius 1 is 0.920 bits per heavy atom. The van der Waals surface area contributed by atoms with Gasteiger partial charge in [-0.05, 0) is 42.3 Å². The highest BCUT2D eigenvalue weighted by molar-refractivity contribution is 5.60. The molecule has 0 bridgehead atoms. The van der Waals surface area contributed by atoms with Crippen LogP contribution in [0.15, 0.2) is 61.1 Å². The van der Waals surface area contributed by atoms with Crippen LogP contribution in [-0.2, 0) is 12.8 Å². The molecule has 0 radical (unpaired) electrons. The van der Waals surface area contributed by atoms with Crippen LogP contribution in [0, 0.1) is 0 Å². The molecule has 0 aliphatic rings.